The average Bonchev–Trinajstić information content (AvgIpc) is 1.67. The zero-order valence-corrected chi connectivity index (χ0v) is 52.1. The molecule has 15 rings (SSSR count). The fourth-order valence-electron chi connectivity index (χ4n) is 13.8. The number of hydrogen-bond donors (Lipinski definition) is 0. The van der Waals surface area contributed by atoms with Crippen LogP contribution in [0.25, 0.3) is 82.1 Å². The molecule has 14 aromatic rings. The number of hydrogen-bond acceptors (Lipinski definition) is 3. The average molecular weight is 1190 g/mol. The minimum absolute atomic E-state index is 0.187. The zero-order valence-electron chi connectivity index (χ0n) is 52.0. The number of nitrogens with zero attached hydrogens (tertiary/aromatic N) is 4. The van der Waals surface area contributed by atoms with Crippen molar-refractivity contribution < 1.29 is 7.48 Å². The molecular weight excluding hydrogens is 1120 g/mol. The Kier molecular flexibility index (Phi) is 12.7. The SMILES string of the molecule is [2H]C([2H])(c1ccnc(-n2c3ccccc3c3ccc(Oc4cccc(N5Cn6c7c(-c8cc(C(C)(C)C)c[c]([Ge]([c]9ccccc9)([c]9ccccc9)[c]9ccccc9)c8)cccc7c7ccccc7c7ccccc7c7cccc5c76)c4)cc32)c1)C(C)(C)C. The Hall–Kier alpha value is -9.69. The van der Waals surface area contributed by atoms with Crippen LogP contribution in [-0.2, 0) is 18.5 Å². The van der Waals surface area contributed by atoms with Crippen LogP contribution >= 0.6 is 0 Å². The van der Waals surface area contributed by atoms with E-state index in [4.69, 9.17) is 9.72 Å². The minimum Gasteiger partial charge on any atom is -0.0599 e. The predicted octanol–water partition coefficient (Wildman–Crippen LogP) is 18.5. The number of ether oxygens (including phenoxy) is 1. The quantitative estimate of drug-likeness (QED) is 0.128. The summed E-state index contributed by atoms with van der Waals surface area (Å²) in [5, 5.41) is 9.23. The molecule has 1 aliphatic heterocycles. The Labute approximate surface area is 514 Å². The molecule has 0 fully saturated rings. The summed E-state index contributed by atoms with van der Waals surface area (Å²) in [4.78, 5) is 7.33. The first-order valence-electron chi connectivity index (χ1n) is 31.3. The van der Waals surface area contributed by atoms with Gasteiger partial charge in [0.25, 0.3) is 0 Å². The number of anilines is 2. The van der Waals surface area contributed by atoms with Gasteiger partial charge >= 0.3 is 373 Å². The van der Waals surface area contributed by atoms with Gasteiger partial charge in [-0.05, 0) is 47.7 Å². The van der Waals surface area contributed by atoms with E-state index in [1.54, 1.807) is 12.3 Å². The van der Waals surface area contributed by atoms with Crippen LogP contribution in [0.1, 0.15) is 55.4 Å². The molecule has 0 N–H and O–H groups in total. The van der Waals surface area contributed by atoms with Gasteiger partial charge in [0.1, 0.15) is 11.6 Å². The van der Waals surface area contributed by atoms with Crippen LogP contribution in [0.3, 0.4) is 0 Å². The maximum atomic E-state index is 9.17. The van der Waals surface area contributed by atoms with Gasteiger partial charge in [-0.1, -0.05) is 39.0 Å². The number of aromatic nitrogens is 3. The van der Waals surface area contributed by atoms with Gasteiger partial charge in [-0.2, -0.15) is 0 Å². The van der Waals surface area contributed by atoms with E-state index in [0.29, 0.717) is 29.5 Å². The molecule has 0 bridgehead atoms. The van der Waals surface area contributed by atoms with E-state index >= 15 is 0 Å². The third-order valence-corrected chi connectivity index (χ3v) is 27.5. The molecule has 0 spiro atoms. The van der Waals surface area contributed by atoms with Crippen molar-refractivity contribution in [3.63, 3.8) is 0 Å². The molecule has 0 unspecified atom stereocenters. The summed E-state index contributed by atoms with van der Waals surface area (Å²) in [6.07, 6.45) is 0.127. The summed E-state index contributed by atoms with van der Waals surface area (Å²) >= 11 is -3.82. The van der Waals surface area contributed by atoms with E-state index in [0.717, 1.165) is 44.2 Å². The monoisotopic (exact) mass is 1190 g/mol. The summed E-state index contributed by atoms with van der Waals surface area (Å²) in [5.41, 5.74) is 9.74. The molecular formula is C81H68GeN4O. The standard InChI is InChI=1S/C81H68GeN4O/c1-80(2,3)53-55-45-46-83-77(47-55)86-74-41-21-20-37-70(74)71-44-43-64(52-76(71)86)87-63-32-22-31-62(51-63)84-54-85-78-65(38-23-39-72(78)68-35-18-16-33-66(68)67-34-17-19-36-69(67)73-40-24-42-75(84)79(73)85)56-48-57(81(4,5)6)50-61(49-56)82(58-25-10-7-11-26-58,59-27-12-8-13-28-59)60-29-14-9-15-30-60/h7-52H,53-54H2,1-6H3/i53D2. The fourth-order valence-corrected chi connectivity index (χ4v) is 23.9. The minimum atomic E-state index is -3.82. The molecule has 0 saturated carbocycles. The molecule has 0 atom stereocenters. The molecule has 1 aliphatic rings. The van der Waals surface area contributed by atoms with Gasteiger partial charge in [-0.15, -0.1) is 0 Å². The van der Waals surface area contributed by atoms with E-state index < -0.39 is 25.1 Å². The van der Waals surface area contributed by atoms with Crippen LogP contribution in [0.15, 0.2) is 279 Å². The first-order chi connectivity index (χ1) is 43.2. The number of fused-ring (bicyclic) bond motifs is 10. The molecule has 11 aromatic carbocycles. The van der Waals surface area contributed by atoms with Gasteiger partial charge < -0.3 is 0 Å². The molecule has 3 aromatic heterocycles. The number of benzene rings is 11. The Bertz CT molecular complexity index is 5060. The molecule has 87 heavy (non-hydrogen) atoms. The molecule has 422 valence electrons. The summed E-state index contributed by atoms with van der Waals surface area (Å²) in [7, 11) is 0. The largest absolute Gasteiger partial charge is 0.0599 e. The van der Waals surface area contributed by atoms with Gasteiger partial charge in [0.15, 0.2) is 0 Å². The van der Waals surface area contributed by atoms with Crippen LogP contribution in [0.5, 0.6) is 11.5 Å². The summed E-state index contributed by atoms with van der Waals surface area (Å²) in [6.45, 7) is 13.4. The molecule has 5 nitrogen and oxygen atoms in total. The van der Waals surface area contributed by atoms with Crippen LogP contribution < -0.4 is 27.2 Å². The Morgan fingerprint density at radius 1 is 0.448 bits per heavy atom. The third kappa shape index (κ3) is 9.44. The van der Waals surface area contributed by atoms with Crippen molar-refractivity contribution >= 4 is 107 Å². The van der Waals surface area contributed by atoms with Gasteiger partial charge in [-0.3, -0.25) is 4.57 Å². The second-order valence-electron chi connectivity index (χ2n) is 25.3. The van der Waals surface area contributed by atoms with E-state index in [1.165, 1.54) is 66.6 Å². The van der Waals surface area contributed by atoms with Crippen LogP contribution in [-0.4, -0.2) is 27.4 Å². The van der Waals surface area contributed by atoms with Gasteiger partial charge in [0, 0.05) is 25.8 Å². The normalized spacial score (nSPS) is 13.2. The summed E-state index contributed by atoms with van der Waals surface area (Å²) < 4.78 is 35.6. The summed E-state index contributed by atoms with van der Waals surface area (Å²) in [6, 6.07) is 100. The van der Waals surface area contributed by atoms with Crippen LogP contribution in [0.4, 0.5) is 11.4 Å². The molecule has 6 heteroatoms. The third-order valence-electron chi connectivity index (χ3n) is 17.6. The van der Waals surface area contributed by atoms with Crippen molar-refractivity contribution in [2.24, 2.45) is 5.41 Å². The van der Waals surface area contributed by atoms with Crippen molar-refractivity contribution in [2.45, 2.75) is 60.0 Å². The fraction of sp³-hybridized carbons (Fsp3) is 0.123. The predicted molar refractivity (Wildman–Crippen MR) is 370 cm³/mol. The first-order valence-corrected chi connectivity index (χ1v) is 34.5. The van der Waals surface area contributed by atoms with Crippen molar-refractivity contribution in [1.82, 2.24) is 14.1 Å². The number of pyridine rings is 1. The summed E-state index contributed by atoms with van der Waals surface area (Å²) in [5.74, 6) is 2.03. The molecule has 0 aliphatic carbocycles. The van der Waals surface area contributed by atoms with Crippen molar-refractivity contribution in [2.75, 3.05) is 4.90 Å². The topological polar surface area (TPSA) is 35.2 Å². The van der Waals surface area contributed by atoms with Crippen molar-refractivity contribution in [3.8, 4) is 28.4 Å². The molecule has 0 saturated heterocycles. The van der Waals surface area contributed by atoms with E-state index in [2.05, 4.69) is 277 Å². The van der Waals surface area contributed by atoms with Gasteiger partial charge in [-0.25, -0.2) is 4.98 Å². The van der Waals surface area contributed by atoms with Crippen molar-refractivity contribution in [1.29, 1.82) is 0 Å². The maximum absolute atomic E-state index is 9.17. The van der Waals surface area contributed by atoms with Crippen LogP contribution in [0.2, 0.25) is 0 Å². The maximum Gasteiger partial charge on any atom is 0.0592 e. The first kappa shape index (κ1) is 51.7. The van der Waals surface area contributed by atoms with E-state index in [1.807, 2.05) is 45.0 Å². The van der Waals surface area contributed by atoms with Crippen LogP contribution in [0, 0.1) is 5.41 Å². The number of para-hydroxylation sites is 3. The Morgan fingerprint density at radius 3 is 1.62 bits per heavy atom. The molecule has 4 heterocycles. The van der Waals surface area contributed by atoms with Crippen molar-refractivity contribution in [3.05, 3.63) is 290 Å². The second-order valence-corrected chi connectivity index (χ2v) is 33.3. The van der Waals surface area contributed by atoms with E-state index in [-0.39, 0.29) is 5.41 Å². The van der Waals surface area contributed by atoms with Gasteiger partial charge in [0.05, 0.1) is 11.0 Å². The van der Waals surface area contributed by atoms with E-state index in [9.17, 15) is 2.74 Å². The smallest absolute Gasteiger partial charge is 0.0592 e. The zero-order chi connectivity index (χ0) is 60.8. The van der Waals surface area contributed by atoms with Gasteiger partial charge in [0.2, 0.25) is 0 Å². The molecule has 0 radical (unpaired) electrons. The Morgan fingerprint density at radius 2 is 0.989 bits per heavy atom. The second kappa shape index (κ2) is 21.4. The number of rotatable bonds is 10. The molecule has 0 amide bonds. The Balaban J connectivity index is 0.939.